The molecule has 6 nitrogen and oxygen atoms in total. The molecule has 0 N–H and O–H groups in total. The summed E-state index contributed by atoms with van der Waals surface area (Å²) in [5.74, 6) is 0.513. The van der Waals surface area contributed by atoms with Crippen molar-refractivity contribution < 1.29 is 28.4 Å². The number of hydrogen-bond donors (Lipinski definition) is 0. The van der Waals surface area contributed by atoms with Gasteiger partial charge in [-0.3, -0.25) is 0 Å². The summed E-state index contributed by atoms with van der Waals surface area (Å²) in [6.45, 7) is 8.07. The molecule has 0 aromatic rings. The lowest BCUT2D eigenvalue weighted by molar-refractivity contribution is -0.253. The van der Waals surface area contributed by atoms with E-state index in [0.717, 1.165) is 19.6 Å². The summed E-state index contributed by atoms with van der Waals surface area (Å²) in [4.78, 5) is 0. The van der Waals surface area contributed by atoms with Crippen molar-refractivity contribution in [3.8, 4) is 0 Å². The Kier molecular flexibility index (Phi) is 2.85. The van der Waals surface area contributed by atoms with Crippen molar-refractivity contribution in [2.45, 2.75) is 63.9 Å². The quantitative estimate of drug-likeness (QED) is 0.727. The van der Waals surface area contributed by atoms with Gasteiger partial charge in [0.1, 0.15) is 12.2 Å². The molecule has 0 bridgehead atoms. The lowest BCUT2D eigenvalue weighted by Crippen LogP contribution is -2.61. The van der Waals surface area contributed by atoms with E-state index in [4.69, 9.17) is 28.4 Å². The van der Waals surface area contributed by atoms with Crippen molar-refractivity contribution in [2.24, 2.45) is 17.3 Å². The second-order valence-electron chi connectivity index (χ2n) is 7.78. The summed E-state index contributed by atoms with van der Waals surface area (Å²) >= 11 is 0. The van der Waals surface area contributed by atoms with Crippen LogP contribution in [0.5, 0.6) is 0 Å². The molecule has 0 amide bonds. The van der Waals surface area contributed by atoms with Gasteiger partial charge >= 0.3 is 0 Å². The van der Waals surface area contributed by atoms with Crippen LogP contribution in [0, 0.1) is 17.3 Å². The van der Waals surface area contributed by atoms with Crippen molar-refractivity contribution in [3.63, 3.8) is 0 Å². The molecule has 0 aromatic carbocycles. The average Bonchev–Trinajstić information content (AvgIpc) is 3.12. The van der Waals surface area contributed by atoms with Gasteiger partial charge in [-0.05, 0) is 39.0 Å². The van der Waals surface area contributed by atoms with Gasteiger partial charge < -0.3 is 28.4 Å². The van der Waals surface area contributed by atoms with Crippen molar-refractivity contribution in [2.75, 3.05) is 19.8 Å². The van der Waals surface area contributed by atoms with Crippen LogP contribution in [-0.4, -0.2) is 56.5 Å². The van der Waals surface area contributed by atoms with E-state index in [1.54, 1.807) is 0 Å². The first kappa shape index (κ1) is 14.1. The Morgan fingerprint density at radius 1 is 0.955 bits per heavy atom. The summed E-state index contributed by atoms with van der Waals surface area (Å²) < 4.78 is 35.8. The normalized spacial score (nSPS) is 58.8. The Morgan fingerprint density at radius 3 is 2.55 bits per heavy atom. The zero-order valence-corrected chi connectivity index (χ0v) is 13.3. The standard InChI is InChI=1S/C16H24O6/c1-8-18-7-11(19-8)12-16(4-9-5-17-6-10(9)16)13-14(20-12)22-15(2,3)21-13/h8-14H,4-7H2,1-3H3/t8?,9-,10-,11-,12-,13+,14-,16-/m1/s1. The molecule has 1 saturated carbocycles. The smallest absolute Gasteiger partial charge is 0.188 e. The van der Waals surface area contributed by atoms with E-state index in [0.29, 0.717) is 18.4 Å². The van der Waals surface area contributed by atoms with Crippen molar-refractivity contribution in [1.29, 1.82) is 0 Å². The topological polar surface area (TPSA) is 55.4 Å². The van der Waals surface area contributed by atoms with Crippen LogP contribution in [0.3, 0.4) is 0 Å². The van der Waals surface area contributed by atoms with Crippen LogP contribution in [0.1, 0.15) is 27.2 Å². The summed E-state index contributed by atoms with van der Waals surface area (Å²) in [6.07, 6.45) is 0.483. The molecule has 1 aliphatic carbocycles. The average molecular weight is 312 g/mol. The molecule has 0 radical (unpaired) electrons. The van der Waals surface area contributed by atoms with E-state index in [2.05, 4.69) is 0 Å². The van der Waals surface area contributed by atoms with Crippen molar-refractivity contribution >= 4 is 0 Å². The summed E-state index contributed by atoms with van der Waals surface area (Å²) in [5.41, 5.74) is -0.0578. The van der Waals surface area contributed by atoms with E-state index in [1.807, 2.05) is 20.8 Å². The molecule has 22 heavy (non-hydrogen) atoms. The maximum Gasteiger partial charge on any atom is 0.188 e. The van der Waals surface area contributed by atoms with Gasteiger partial charge in [-0.25, -0.2) is 0 Å². The van der Waals surface area contributed by atoms with E-state index in [-0.39, 0.29) is 36.3 Å². The van der Waals surface area contributed by atoms with Crippen molar-refractivity contribution in [3.05, 3.63) is 0 Å². The van der Waals surface area contributed by atoms with Gasteiger partial charge in [0.05, 0.1) is 19.3 Å². The number of ether oxygens (including phenoxy) is 6. The van der Waals surface area contributed by atoms with Crippen LogP contribution >= 0.6 is 0 Å². The molecular weight excluding hydrogens is 288 g/mol. The second kappa shape index (κ2) is 4.43. The molecule has 4 saturated heterocycles. The maximum absolute atomic E-state index is 6.31. The zero-order valence-electron chi connectivity index (χ0n) is 13.3. The molecule has 5 rings (SSSR count). The predicted octanol–water partition coefficient (Wildman–Crippen LogP) is 1.28. The molecular formula is C16H24O6. The van der Waals surface area contributed by atoms with Crippen LogP contribution in [0.25, 0.3) is 0 Å². The lowest BCUT2D eigenvalue weighted by atomic mass is 9.50. The van der Waals surface area contributed by atoms with Crippen LogP contribution in [0.2, 0.25) is 0 Å². The summed E-state index contributed by atoms with van der Waals surface area (Å²) in [7, 11) is 0. The summed E-state index contributed by atoms with van der Waals surface area (Å²) in [5, 5.41) is 0. The van der Waals surface area contributed by atoms with Gasteiger partial charge in [0.2, 0.25) is 0 Å². The van der Waals surface area contributed by atoms with Crippen molar-refractivity contribution in [1.82, 2.24) is 0 Å². The fraction of sp³-hybridized carbons (Fsp3) is 1.00. The van der Waals surface area contributed by atoms with E-state index in [9.17, 15) is 0 Å². The van der Waals surface area contributed by atoms with E-state index >= 15 is 0 Å². The highest BCUT2D eigenvalue weighted by Crippen LogP contribution is 2.66. The Bertz CT molecular complexity index is 481. The van der Waals surface area contributed by atoms with Crippen LogP contribution in [0.4, 0.5) is 0 Å². The molecule has 4 aliphatic heterocycles. The Balaban J connectivity index is 1.48. The van der Waals surface area contributed by atoms with Gasteiger partial charge in [-0.2, -0.15) is 0 Å². The molecule has 5 aliphatic rings. The number of fused-ring (bicyclic) bond motifs is 4. The number of rotatable bonds is 1. The molecule has 0 aromatic heterocycles. The monoisotopic (exact) mass is 312 g/mol. The minimum Gasteiger partial charge on any atom is -0.381 e. The van der Waals surface area contributed by atoms with E-state index in [1.165, 1.54) is 0 Å². The van der Waals surface area contributed by atoms with Crippen LogP contribution < -0.4 is 0 Å². The highest BCUT2D eigenvalue weighted by atomic mass is 16.8. The summed E-state index contributed by atoms with van der Waals surface area (Å²) in [6, 6.07) is 0. The Labute approximate surface area is 130 Å². The Morgan fingerprint density at radius 2 is 1.82 bits per heavy atom. The third-order valence-electron chi connectivity index (χ3n) is 6.10. The van der Waals surface area contributed by atoms with Crippen LogP contribution in [-0.2, 0) is 28.4 Å². The fourth-order valence-electron chi connectivity index (χ4n) is 5.27. The largest absolute Gasteiger partial charge is 0.381 e. The highest BCUT2D eigenvalue weighted by molar-refractivity contribution is 5.18. The van der Waals surface area contributed by atoms with Gasteiger partial charge in [0.15, 0.2) is 18.4 Å². The highest BCUT2D eigenvalue weighted by Gasteiger charge is 2.74. The molecule has 124 valence electrons. The van der Waals surface area contributed by atoms with Gasteiger partial charge in [0, 0.05) is 12.0 Å². The van der Waals surface area contributed by atoms with E-state index < -0.39 is 5.79 Å². The molecule has 1 spiro atoms. The second-order valence-corrected chi connectivity index (χ2v) is 7.78. The first-order chi connectivity index (χ1) is 10.5. The Hall–Kier alpha value is -0.240. The third-order valence-corrected chi connectivity index (χ3v) is 6.10. The predicted molar refractivity (Wildman–Crippen MR) is 73.8 cm³/mol. The fourth-order valence-corrected chi connectivity index (χ4v) is 5.27. The molecule has 5 fully saturated rings. The zero-order chi connectivity index (χ0) is 15.1. The molecule has 4 heterocycles. The van der Waals surface area contributed by atoms with Crippen LogP contribution in [0.15, 0.2) is 0 Å². The maximum atomic E-state index is 6.31. The van der Waals surface area contributed by atoms with Gasteiger partial charge in [-0.1, -0.05) is 0 Å². The SMILES string of the molecule is CC1OC[C@H]([C@H]2O[C@@H]3OC(C)(C)O[C@@H]3[C@@]23C[C@@H]2COC[C@H]23)O1. The molecule has 1 unspecified atom stereocenters. The minimum atomic E-state index is -0.585. The molecule has 6 heteroatoms. The van der Waals surface area contributed by atoms with Gasteiger partial charge in [0.25, 0.3) is 0 Å². The molecule has 8 atom stereocenters. The first-order valence-corrected chi connectivity index (χ1v) is 8.35. The first-order valence-electron chi connectivity index (χ1n) is 8.35. The number of hydrogen-bond acceptors (Lipinski definition) is 6. The van der Waals surface area contributed by atoms with Gasteiger partial charge in [-0.15, -0.1) is 0 Å². The third kappa shape index (κ3) is 1.71. The minimum absolute atomic E-state index is 0.0324. The lowest BCUT2D eigenvalue weighted by Gasteiger charge is -2.54.